The molecular weight excluding hydrogens is 273 g/mol. The van der Waals surface area contributed by atoms with Gasteiger partial charge in [0.1, 0.15) is 0 Å². The average Bonchev–Trinajstić information content (AvgIpc) is 2.30. The molecule has 0 bridgehead atoms. The van der Waals surface area contributed by atoms with Crippen LogP contribution in [0.25, 0.3) is 0 Å². The van der Waals surface area contributed by atoms with Crippen molar-refractivity contribution < 1.29 is 9.53 Å². The average molecular weight is 288 g/mol. The lowest BCUT2D eigenvalue weighted by atomic mass is 10.1. The van der Waals surface area contributed by atoms with E-state index in [-0.39, 0.29) is 18.1 Å². The number of halogens is 2. The van der Waals surface area contributed by atoms with E-state index in [1.54, 1.807) is 23.1 Å². The first-order chi connectivity index (χ1) is 8.47. The number of benzene rings is 1. The van der Waals surface area contributed by atoms with Crippen LogP contribution in [0.1, 0.15) is 24.2 Å². The lowest BCUT2D eigenvalue weighted by Gasteiger charge is -2.36. The largest absolute Gasteiger partial charge is 0.375 e. The van der Waals surface area contributed by atoms with E-state index in [2.05, 4.69) is 0 Å². The number of morpholine rings is 1. The minimum absolute atomic E-state index is 0.0537. The van der Waals surface area contributed by atoms with E-state index in [0.717, 1.165) is 0 Å². The summed E-state index contributed by atoms with van der Waals surface area (Å²) in [7, 11) is 0. The maximum Gasteiger partial charge on any atom is 0.254 e. The van der Waals surface area contributed by atoms with Gasteiger partial charge in [0, 0.05) is 22.2 Å². The Morgan fingerprint density at radius 1 is 1.28 bits per heavy atom. The van der Waals surface area contributed by atoms with E-state index >= 15 is 0 Å². The summed E-state index contributed by atoms with van der Waals surface area (Å²) in [5, 5.41) is 0.944. The molecule has 98 valence electrons. The molecule has 1 aliphatic heterocycles. The summed E-state index contributed by atoms with van der Waals surface area (Å²) in [6, 6.07) is 4.96. The van der Waals surface area contributed by atoms with Crippen LogP contribution in [0.4, 0.5) is 0 Å². The Bertz CT molecular complexity index is 444. The molecule has 1 saturated heterocycles. The molecule has 5 heteroatoms. The molecule has 18 heavy (non-hydrogen) atoms. The summed E-state index contributed by atoms with van der Waals surface area (Å²) in [6.45, 7) is 5.07. The van der Waals surface area contributed by atoms with Gasteiger partial charge in [0.2, 0.25) is 0 Å². The summed E-state index contributed by atoms with van der Waals surface area (Å²) >= 11 is 11.8. The minimum Gasteiger partial charge on any atom is -0.375 e. The Morgan fingerprint density at radius 3 is 2.50 bits per heavy atom. The van der Waals surface area contributed by atoms with Crippen LogP contribution in [0.2, 0.25) is 10.0 Å². The van der Waals surface area contributed by atoms with Crippen molar-refractivity contribution in [1.82, 2.24) is 4.90 Å². The van der Waals surface area contributed by atoms with Crippen LogP contribution >= 0.6 is 23.2 Å². The number of nitrogens with zero attached hydrogens (tertiary/aromatic N) is 1. The van der Waals surface area contributed by atoms with Gasteiger partial charge in [-0.3, -0.25) is 4.79 Å². The first-order valence-corrected chi connectivity index (χ1v) is 6.61. The maximum absolute atomic E-state index is 12.4. The number of amides is 1. The van der Waals surface area contributed by atoms with Crippen molar-refractivity contribution >= 4 is 29.1 Å². The third-order valence-corrected chi connectivity index (χ3v) is 3.41. The molecule has 2 rings (SSSR count). The molecular formula is C13H15Cl2NO2. The predicted molar refractivity (Wildman–Crippen MR) is 72.4 cm³/mol. The molecule has 0 aliphatic carbocycles. The van der Waals surface area contributed by atoms with Gasteiger partial charge in [0.15, 0.2) is 0 Å². The zero-order valence-corrected chi connectivity index (χ0v) is 11.8. The smallest absolute Gasteiger partial charge is 0.254 e. The van der Waals surface area contributed by atoms with E-state index < -0.39 is 0 Å². The first-order valence-electron chi connectivity index (χ1n) is 5.86. The normalized spacial score (nSPS) is 24.1. The van der Waals surface area contributed by atoms with Gasteiger partial charge in [-0.2, -0.15) is 0 Å². The van der Waals surface area contributed by atoms with E-state index in [9.17, 15) is 4.79 Å². The van der Waals surface area contributed by atoms with E-state index in [1.165, 1.54) is 0 Å². The molecule has 1 aromatic carbocycles. The first kappa shape index (κ1) is 13.7. The van der Waals surface area contributed by atoms with Gasteiger partial charge in [-0.25, -0.2) is 0 Å². The van der Waals surface area contributed by atoms with Gasteiger partial charge < -0.3 is 9.64 Å². The lowest BCUT2D eigenvalue weighted by Crippen LogP contribution is -2.50. The van der Waals surface area contributed by atoms with E-state index in [0.29, 0.717) is 28.8 Å². The standard InChI is InChI=1S/C13H15Cl2NO2/c1-8-7-18-9(2)6-16(8)13(17)10-3-11(14)5-12(15)4-10/h3-5,8-9H,6-7H2,1-2H3. The molecule has 2 atom stereocenters. The monoisotopic (exact) mass is 287 g/mol. The molecule has 3 nitrogen and oxygen atoms in total. The molecule has 0 aromatic heterocycles. The van der Waals surface area contributed by atoms with Crippen LogP contribution in [-0.2, 0) is 4.74 Å². The van der Waals surface area contributed by atoms with Crippen molar-refractivity contribution in [3.05, 3.63) is 33.8 Å². The van der Waals surface area contributed by atoms with Gasteiger partial charge in [-0.1, -0.05) is 23.2 Å². The molecule has 0 saturated carbocycles. The number of carbonyl (C=O) groups excluding carboxylic acids is 1. The summed E-state index contributed by atoms with van der Waals surface area (Å²) in [5.74, 6) is -0.0537. The van der Waals surface area contributed by atoms with E-state index in [4.69, 9.17) is 27.9 Å². The van der Waals surface area contributed by atoms with Crippen LogP contribution < -0.4 is 0 Å². The summed E-state index contributed by atoms with van der Waals surface area (Å²) in [6.07, 6.45) is 0.0554. The van der Waals surface area contributed by atoms with Gasteiger partial charge in [0.25, 0.3) is 5.91 Å². The highest BCUT2D eigenvalue weighted by Gasteiger charge is 2.28. The number of rotatable bonds is 1. The predicted octanol–water partition coefficient (Wildman–Crippen LogP) is 3.24. The lowest BCUT2D eigenvalue weighted by molar-refractivity contribution is -0.0387. The van der Waals surface area contributed by atoms with Crippen LogP contribution in [-0.4, -0.2) is 36.1 Å². The molecule has 2 unspecified atom stereocenters. The van der Waals surface area contributed by atoms with Crippen LogP contribution in [0, 0.1) is 0 Å². The third-order valence-electron chi connectivity index (χ3n) is 2.98. The Balaban J connectivity index is 2.24. The van der Waals surface area contributed by atoms with Crippen molar-refractivity contribution in [2.45, 2.75) is 26.0 Å². The molecule has 0 N–H and O–H groups in total. The number of hydrogen-bond donors (Lipinski definition) is 0. The molecule has 0 radical (unpaired) electrons. The molecule has 1 fully saturated rings. The third kappa shape index (κ3) is 2.97. The fourth-order valence-corrected chi connectivity index (χ4v) is 2.56. The van der Waals surface area contributed by atoms with Crippen LogP contribution in [0.5, 0.6) is 0 Å². The summed E-state index contributed by atoms with van der Waals surface area (Å²) in [5.41, 5.74) is 0.522. The zero-order valence-electron chi connectivity index (χ0n) is 10.3. The SMILES string of the molecule is CC1CN(C(=O)c2cc(Cl)cc(Cl)c2)C(C)CO1. The van der Waals surface area contributed by atoms with Gasteiger partial charge in [0.05, 0.1) is 18.8 Å². The molecule has 1 amide bonds. The maximum atomic E-state index is 12.4. The zero-order chi connectivity index (χ0) is 13.3. The second-order valence-corrected chi connectivity index (χ2v) is 5.48. The van der Waals surface area contributed by atoms with Crippen molar-refractivity contribution in [3.8, 4) is 0 Å². The fraction of sp³-hybridized carbons (Fsp3) is 0.462. The quantitative estimate of drug-likeness (QED) is 0.794. The summed E-state index contributed by atoms with van der Waals surface area (Å²) < 4.78 is 5.51. The Morgan fingerprint density at radius 2 is 1.89 bits per heavy atom. The Hall–Kier alpha value is -0.770. The minimum atomic E-state index is -0.0537. The highest BCUT2D eigenvalue weighted by Crippen LogP contribution is 2.22. The Kier molecular flexibility index (Phi) is 4.15. The van der Waals surface area contributed by atoms with Gasteiger partial charge in [-0.15, -0.1) is 0 Å². The molecule has 1 aliphatic rings. The van der Waals surface area contributed by atoms with Gasteiger partial charge >= 0.3 is 0 Å². The molecule has 0 spiro atoms. The second-order valence-electron chi connectivity index (χ2n) is 4.61. The summed E-state index contributed by atoms with van der Waals surface area (Å²) in [4.78, 5) is 14.2. The topological polar surface area (TPSA) is 29.5 Å². The highest BCUT2D eigenvalue weighted by molar-refractivity contribution is 6.35. The van der Waals surface area contributed by atoms with E-state index in [1.807, 2.05) is 13.8 Å². The highest BCUT2D eigenvalue weighted by atomic mass is 35.5. The molecule has 1 heterocycles. The number of carbonyl (C=O) groups is 1. The van der Waals surface area contributed by atoms with Crippen molar-refractivity contribution in [3.63, 3.8) is 0 Å². The number of hydrogen-bond acceptors (Lipinski definition) is 2. The van der Waals surface area contributed by atoms with Crippen LogP contribution in [0.3, 0.4) is 0 Å². The molecule has 1 aromatic rings. The van der Waals surface area contributed by atoms with Crippen LogP contribution in [0.15, 0.2) is 18.2 Å². The van der Waals surface area contributed by atoms with Crippen molar-refractivity contribution in [2.24, 2.45) is 0 Å². The Labute approximate surface area is 117 Å². The van der Waals surface area contributed by atoms with Crippen molar-refractivity contribution in [1.29, 1.82) is 0 Å². The van der Waals surface area contributed by atoms with Crippen molar-refractivity contribution in [2.75, 3.05) is 13.2 Å². The van der Waals surface area contributed by atoms with Gasteiger partial charge in [-0.05, 0) is 32.0 Å². The number of ether oxygens (including phenoxy) is 1. The fourth-order valence-electron chi connectivity index (χ4n) is 2.03. The second kappa shape index (κ2) is 5.47.